The molecule has 4 nitrogen and oxygen atoms in total. The second-order valence-corrected chi connectivity index (χ2v) is 8.01. The van der Waals surface area contributed by atoms with E-state index in [0.29, 0.717) is 19.3 Å². The topological polar surface area (TPSA) is 47.6 Å². The van der Waals surface area contributed by atoms with Gasteiger partial charge in [0.15, 0.2) is 11.5 Å². The van der Waals surface area contributed by atoms with Crippen LogP contribution in [0, 0.1) is 0 Å². The standard InChI is InChI=1S/C15H20BrNO3S/c16-13-8-11(9-14-15(13)20-5-1-4-19-14)10-17-12-2-6-21(18)7-3-12/h8-9,12,17H,1-7,10H2. The summed E-state index contributed by atoms with van der Waals surface area (Å²) < 4.78 is 23.8. The van der Waals surface area contributed by atoms with E-state index in [9.17, 15) is 4.21 Å². The lowest BCUT2D eigenvalue weighted by atomic mass is 10.1. The second kappa shape index (κ2) is 7.11. The van der Waals surface area contributed by atoms with Crippen LogP contribution in [0.25, 0.3) is 0 Å². The lowest BCUT2D eigenvalue weighted by Crippen LogP contribution is -2.35. The van der Waals surface area contributed by atoms with Crippen molar-refractivity contribution in [2.75, 3.05) is 24.7 Å². The minimum Gasteiger partial charge on any atom is -0.490 e. The van der Waals surface area contributed by atoms with Gasteiger partial charge in [-0.15, -0.1) is 0 Å². The third-order valence-corrected chi connectivity index (χ3v) is 5.82. The van der Waals surface area contributed by atoms with Crippen molar-refractivity contribution < 1.29 is 13.7 Å². The number of halogens is 1. The van der Waals surface area contributed by atoms with E-state index in [0.717, 1.165) is 53.3 Å². The molecule has 0 amide bonds. The molecule has 116 valence electrons. The monoisotopic (exact) mass is 373 g/mol. The summed E-state index contributed by atoms with van der Waals surface area (Å²) in [5, 5.41) is 3.56. The first-order valence-electron chi connectivity index (χ1n) is 7.39. The van der Waals surface area contributed by atoms with Crippen molar-refractivity contribution in [2.24, 2.45) is 0 Å². The van der Waals surface area contributed by atoms with Crippen LogP contribution in [0.5, 0.6) is 11.5 Å². The molecule has 0 atom stereocenters. The number of fused-ring (bicyclic) bond motifs is 1. The van der Waals surface area contributed by atoms with Gasteiger partial charge in [-0.25, -0.2) is 0 Å². The number of rotatable bonds is 3. The summed E-state index contributed by atoms with van der Waals surface area (Å²) in [5.74, 6) is 3.28. The van der Waals surface area contributed by atoms with Crippen LogP contribution in [0.1, 0.15) is 24.8 Å². The summed E-state index contributed by atoms with van der Waals surface area (Å²) in [6.07, 6.45) is 2.91. The number of benzene rings is 1. The molecule has 1 saturated heterocycles. The summed E-state index contributed by atoms with van der Waals surface area (Å²) >= 11 is 3.57. The minimum atomic E-state index is -0.600. The molecular weight excluding hydrogens is 354 g/mol. The molecule has 1 fully saturated rings. The average molecular weight is 374 g/mol. The predicted octanol–water partition coefficient (Wildman–Crippen LogP) is 2.61. The number of ether oxygens (including phenoxy) is 2. The highest BCUT2D eigenvalue weighted by Crippen LogP contribution is 2.38. The number of nitrogens with one attached hydrogen (secondary N) is 1. The molecule has 0 aromatic heterocycles. The molecule has 6 heteroatoms. The molecule has 0 bridgehead atoms. The molecule has 1 aromatic rings. The normalized spacial score (nSPS) is 25.4. The predicted molar refractivity (Wildman–Crippen MR) is 87.5 cm³/mol. The molecule has 0 aliphatic carbocycles. The van der Waals surface area contributed by atoms with E-state index in [1.807, 2.05) is 0 Å². The Balaban J connectivity index is 1.64. The van der Waals surface area contributed by atoms with Gasteiger partial charge in [0.05, 0.1) is 17.7 Å². The highest BCUT2D eigenvalue weighted by Gasteiger charge is 2.18. The fourth-order valence-corrected chi connectivity index (χ4v) is 4.55. The van der Waals surface area contributed by atoms with Crippen LogP contribution in [-0.4, -0.2) is 35.0 Å². The second-order valence-electron chi connectivity index (χ2n) is 5.46. The van der Waals surface area contributed by atoms with Gasteiger partial charge in [0.25, 0.3) is 0 Å². The van der Waals surface area contributed by atoms with Gasteiger partial charge in [-0.2, -0.15) is 0 Å². The zero-order chi connectivity index (χ0) is 14.7. The van der Waals surface area contributed by atoms with Crippen molar-refractivity contribution in [2.45, 2.75) is 31.8 Å². The highest BCUT2D eigenvalue weighted by molar-refractivity contribution is 9.10. The van der Waals surface area contributed by atoms with Crippen LogP contribution in [0.4, 0.5) is 0 Å². The average Bonchev–Trinajstić information content (AvgIpc) is 2.72. The van der Waals surface area contributed by atoms with Gasteiger partial charge in [-0.1, -0.05) is 0 Å². The van der Waals surface area contributed by atoms with Gasteiger partial charge >= 0.3 is 0 Å². The van der Waals surface area contributed by atoms with Crippen LogP contribution in [0.3, 0.4) is 0 Å². The van der Waals surface area contributed by atoms with Crippen LogP contribution in [0.2, 0.25) is 0 Å². The van der Waals surface area contributed by atoms with Crippen LogP contribution in [0.15, 0.2) is 16.6 Å². The molecule has 3 rings (SSSR count). The van der Waals surface area contributed by atoms with Crippen molar-refractivity contribution in [3.8, 4) is 11.5 Å². The number of hydrogen-bond donors (Lipinski definition) is 1. The zero-order valence-electron chi connectivity index (χ0n) is 11.9. The fraction of sp³-hybridized carbons (Fsp3) is 0.600. The first-order chi connectivity index (χ1) is 10.2. The SMILES string of the molecule is O=S1CCC(NCc2cc(Br)c3c(c2)OCCCO3)CC1. The van der Waals surface area contributed by atoms with Gasteiger partial charge in [0.1, 0.15) is 0 Å². The summed E-state index contributed by atoms with van der Waals surface area (Å²) in [5.41, 5.74) is 1.18. The van der Waals surface area contributed by atoms with Gasteiger partial charge in [-0.3, -0.25) is 4.21 Å². The van der Waals surface area contributed by atoms with E-state index in [1.54, 1.807) is 0 Å². The summed E-state index contributed by atoms with van der Waals surface area (Å²) in [4.78, 5) is 0. The summed E-state index contributed by atoms with van der Waals surface area (Å²) in [6, 6.07) is 4.61. The van der Waals surface area contributed by atoms with Crippen molar-refractivity contribution in [1.82, 2.24) is 5.32 Å². The van der Waals surface area contributed by atoms with E-state index >= 15 is 0 Å². The quantitative estimate of drug-likeness (QED) is 0.884. The first-order valence-corrected chi connectivity index (χ1v) is 9.67. The lowest BCUT2D eigenvalue weighted by molar-refractivity contribution is 0.296. The maximum atomic E-state index is 11.4. The van der Waals surface area contributed by atoms with E-state index in [2.05, 4.69) is 33.4 Å². The number of hydrogen-bond acceptors (Lipinski definition) is 4. The fourth-order valence-electron chi connectivity index (χ4n) is 2.65. The Morgan fingerprint density at radius 3 is 2.81 bits per heavy atom. The Morgan fingerprint density at radius 1 is 1.24 bits per heavy atom. The van der Waals surface area contributed by atoms with Crippen LogP contribution >= 0.6 is 15.9 Å². The van der Waals surface area contributed by atoms with Gasteiger partial charge in [-0.05, 0) is 46.5 Å². The molecule has 1 aromatic carbocycles. The first kappa shape index (κ1) is 15.3. The Bertz CT molecular complexity index is 528. The van der Waals surface area contributed by atoms with Crippen molar-refractivity contribution >= 4 is 26.7 Å². The third-order valence-electron chi connectivity index (χ3n) is 3.84. The minimum absolute atomic E-state index is 0.470. The highest BCUT2D eigenvalue weighted by atomic mass is 79.9. The van der Waals surface area contributed by atoms with E-state index in [-0.39, 0.29) is 0 Å². The summed E-state index contributed by atoms with van der Waals surface area (Å²) in [6.45, 7) is 2.19. The molecule has 2 heterocycles. The molecule has 2 aliphatic heterocycles. The Hall–Kier alpha value is -0.590. The van der Waals surface area contributed by atoms with E-state index < -0.39 is 10.8 Å². The Morgan fingerprint density at radius 2 is 2.00 bits per heavy atom. The van der Waals surface area contributed by atoms with Crippen LogP contribution < -0.4 is 14.8 Å². The maximum Gasteiger partial charge on any atom is 0.175 e. The van der Waals surface area contributed by atoms with E-state index in [4.69, 9.17) is 9.47 Å². The largest absolute Gasteiger partial charge is 0.490 e. The zero-order valence-corrected chi connectivity index (χ0v) is 14.3. The van der Waals surface area contributed by atoms with Gasteiger partial charge in [0.2, 0.25) is 0 Å². The molecule has 1 N–H and O–H groups in total. The van der Waals surface area contributed by atoms with Crippen molar-refractivity contribution in [3.63, 3.8) is 0 Å². The Kier molecular flexibility index (Phi) is 5.19. The Labute approximate surface area is 136 Å². The molecule has 0 saturated carbocycles. The molecule has 0 radical (unpaired) electrons. The molecular formula is C15H20BrNO3S. The molecule has 21 heavy (non-hydrogen) atoms. The van der Waals surface area contributed by atoms with Crippen molar-refractivity contribution in [1.29, 1.82) is 0 Å². The molecule has 2 aliphatic rings. The molecule has 0 spiro atoms. The smallest absolute Gasteiger partial charge is 0.175 e. The summed E-state index contributed by atoms with van der Waals surface area (Å²) in [7, 11) is -0.600. The van der Waals surface area contributed by atoms with Gasteiger partial charge in [0, 0.05) is 41.3 Å². The third kappa shape index (κ3) is 3.99. The lowest BCUT2D eigenvalue weighted by Gasteiger charge is -2.23. The van der Waals surface area contributed by atoms with Gasteiger partial charge < -0.3 is 14.8 Å². The molecule has 0 unspecified atom stereocenters. The van der Waals surface area contributed by atoms with Crippen LogP contribution in [-0.2, 0) is 17.3 Å². The van der Waals surface area contributed by atoms with Crippen molar-refractivity contribution in [3.05, 3.63) is 22.2 Å². The maximum absolute atomic E-state index is 11.4. The van der Waals surface area contributed by atoms with E-state index in [1.165, 1.54) is 5.56 Å².